The lowest BCUT2D eigenvalue weighted by Crippen LogP contribution is -2.43. The van der Waals surface area contributed by atoms with Crippen molar-refractivity contribution in [2.45, 2.75) is 31.6 Å². The van der Waals surface area contributed by atoms with Gasteiger partial charge in [0.1, 0.15) is 0 Å². The lowest BCUT2D eigenvalue weighted by atomic mass is 10.0. The van der Waals surface area contributed by atoms with E-state index in [1.165, 1.54) is 12.1 Å². The highest BCUT2D eigenvalue weighted by molar-refractivity contribution is 5.87. The van der Waals surface area contributed by atoms with E-state index in [4.69, 9.17) is 0 Å². The van der Waals surface area contributed by atoms with Crippen LogP contribution in [0.2, 0.25) is 0 Å². The molecule has 0 aromatic heterocycles. The number of piperidine rings is 1. The number of amides is 1. The highest BCUT2D eigenvalue weighted by Crippen LogP contribution is 2.29. The van der Waals surface area contributed by atoms with Crippen molar-refractivity contribution in [1.82, 2.24) is 15.1 Å². The Balaban J connectivity index is 1.74. The van der Waals surface area contributed by atoms with Gasteiger partial charge in [-0.25, -0.2) is 0 Å². The highest BCUT2D eigenvalue weighted by Gasteiger charge is 2.30. The summed E-state index contributed by atoms with van der Waals surface area (Å²) in [6, 6.07) is 5.47. The molecule has 0 unspecified atom stereocenters. The Kier molecular flexibility index (Phi) is 7.23. The minimum absolute atomic E-state index is 0.0759. The van der Waals surface area contributed by atoms with Gasteiger partial charge in [0.15, 0.2) is 0 Å². The van der Waals surface area contributed by atoms with Crippen LogP contribution in [0, 0.1) is 0 Å². The number of carbonyl (C=O) groups excluding carboxylic acids is 1. The van der Waals surface area contributed by atoms with Crippen molar-refractivity contribution in [2.24, 2.45) is 0 Å². The van der Waals surface area contributed by atoms with Crippen LogP contribution < -0.4 is 5.32 Å². The van der Waals surface area contributed by atoms with Gasteiger partial charge in [0.25, 0.3) is 0 Å². The predicted molar refractivity (Wildman–Crippen MR) is 95.6 cm³/mol. The summed E-state index contributed by atoms with van der Waals surface area (Å²) in [7, 11) is 3.88. The monoisotopic (exact) mass is 369 g/mol. The van der Waals surface area contributed by atoms with Crippen LogP contribution in [0.25, 0.3) is 0 Å². The molecule has 1 amide bonds. The number of rotatable bonds is 6. The summed E-state index contributed by atoms with van der Waals surface area (Å²) >= 11 is 0. The molecule has 0 aliphatic carbocycles. The third-order valence-electron chi connectivity index (χ3n) is 4.36. The summed E-state index contributed by atoms with van der Waals surface area (Å²) in [6.07, 6.45) is 0.779. The Hall–Kier alpha value is -1.86. The number of hydrogen-bond acceptors (Lipinski definition) is 3. The molecular weight excluding hydrogens is 343 g/mol. The molecule has 1 aliphatic heterocycles. The molecule has 0 spiro atoms. The summed E-state index contributed by atoms with van der Waals surface area (Å²) in [6.45, 7) is 2.97. The van der Waals surface area contributed by atoms with Crippen LogP contribution >= 0.6 is 0 Å². The fourth-order valence-electron chi connectivity index (χ4n) is 2.91. The smallest absolute Gasteiger partial charge is 0.350 e. The van der Waals surface area contributed by atoms with E-state index in [0.29, 0.717) is 6.54 Å². The highest BCUT2D eigenvalue weighted by atomic mass is 19.4. The first kappa shape index (κ1) is 20.5. The quantitative estimate of drug-likeness (QED) is 0.784. The number of likely N-dealkylation sites (tertiary alicyclic amines) is 1. The number of nitrogens with zero attached hydrogens (tertiary/aromatic N) is 2. The van der Waals surface area contributed by atoms with E-state index in [9.17, 15) is 18.0 Å². The van der Waals surface area contributed by atoms with Gasteiger partial charge in [0.2, 0.25) is 5.91 Å². The first-order chi connectivity index (χ1) is 12.2. The first-order valence-corrected chi connectivity index (χ1v) is 8.74. The molecule has 0 atom stereocenters. The fraction of sp³-hybridized carbons (Fsp3) is 0.526. The van der Waals surface area contributed by atoms with Crippen molar-refractivity contribution < 1.29 is 18.0 Å². The summed E-state index contributed by atoms with van der Waals surface area (Å²) < 4.78 is 37.8. The van der Waals surface area contributed by atoms with E-state index in [1.54, 1.807) is 6.08 Å². The molecule has 1 aromatic rings. The van der Waals surface area contributed by atoms with E-state index in [-0.39, 0.29) is 11.9 Å². The summed E-state index contributed by atoms with van der Waals surface area (Å²) in [5.41, 5.74) is 0.247. The largest absolute Gasteiger partial charge is 0.416 e. The van der Waals surface area contributed by atoms with E-state index < -0.39 is 11.7 Å². The predicted octanol–water partition coefficient (Wildman–Crippen LogP) is 2.90. The summed E-state index contributed by atoms with van der Waals surface area (Å²) in [4.78, 5) is 16.0. The molecule has 1 fully saturated rings. The van der Waals surface area contributed by atoms with Gasteiger partial charge in [-0.05, 0) is 44.6 Å². The van der Waals surface area contributed by atoms with Crippen LogP contribution in [0.1, 0.15) is 24.0 Å². The Morgan fingerprint density at radius 2 is 1.85 bits per heavy atom. The van der Waals surface area contributed by atoms with Crippen LogP contribution in [-0.4, -0.2) is 55.5 Å². The number of carbonyl (C=O) groups is 1. The SMILES string of the molecule is CN(C)C/C=C/C(=O)NC1CCN(Cc2ccc(C(F)(F)F)cc2)CC1. The van der Waals surface area contributed by atoms with Crippen LogP contribution in [0.5, 0.6) is 0 Å². The third kappa shape index (κ3) is 6.80. The fourth-order valence-corrected chi connectivity index (χ4v) is 2.91. The second-order valence-electron chi connectivity index (χ2n) is 6.92. The molecule has 2 rings (SSSR count). The van der Waals surface area contributed by atoms with Crippen molar-refractivity contribution in [3.8, 4) is 0 Å². The second kappa shape index (κ2) is 9.19. The molecule has 0 saturated carbocycles. The van der Waals surface area contributed by atoms with Crippen LogP contribution in [0.15, 0.2) is 36.4 Å². The molecule has 1 N–H and O–H groups in total. The van der Waals surface area contributed by atoms with Gasteiger partial charge in [0, 0.05) is 38.3 Å². The van der Waals surface area contributed by atoms with Gasteiger partial charge in [-0.2, -0.15) is 13.2 Å². The topological polar surface area (TPSA) is 35.6 Å². The zero-order valence-corrected chi connectivity index (χ0v) is 15.2. The number of likely N-dealkylation sites (N-methyl/N-ethyl adjacent to an activating group) is 1. The number of hydrogen-bond donors (Lipinski definition) is 1. The lowest BCUT2D eigenvalue weighted by molar-refractivity contribution is -0.137. The van der Waals surface area contributed by atoms with Crippen LogP contribution in [0.4, 0.5) is 13.2 Å². The number of alkyl halides is 3. The van der Waals surface area contributed by atoms with E-state index >= 15 is 0 Å². The third-order valence-corrected chi connectivity index (χ3v) is 4.36. The molecule has 0 radical (unpaired) electrons. The molecule has 1 heterocycles. The van der Waals surface area contributed by atoms with Crippen molar-refractivity contribution in [3.05, 3.63) is 47.5 Å². The van der Waals surface area contributed by atoms with Gasteiger partial charge < -0.3 is 10.2 Å². The van der Waals surface area contributed by atoms with Gasteiger partial charge in [0.05, 0.1) is 5.56 Å². The molecule has 4 nitrogen and oxygen atoms in total. The summed E-state index contributed by atoms with van der Waals surface area (Å²) in [5.74, 6) is -0.0759. The molecule has 1 aromatic carbocycles. The number of halogens is 3. The second-order valence-corrected chi connectivity index (χ2v) is 6.92. The van der Waals surface area contributed by atoms with Gasteiger partial charge in [-0.3, -0.25) is 9.69 Å². The molecule has 144 valence electrons. The molecular formula is C19H26F3N3O. The van der Waals surface area contributed by atoms with Gasteiger partial charge in [-0.15, -0.1) is 0 Å². The van der Waals surface area contributed by atoms with Gasteiger partial charge >= 0.3 is 6.18 Å². The Morgan fingerprint density at radius 3 is 2.38 bits per heavy atom. The minimum Gasteiger partial charge on any atom is -0.350 e. The van der Waals surface area contributed by atoms with Crippen LogP contribution in [0.3, 0.4) is 0 Å². The van der Waals surface area contributed by atoms with E-state index in [2.05, 4.69) is 10.2 Å². The average molecular weight is 369 g/mol. The minimum atomic E-state index is -4.30. The molecule has 7 heteroatoms. The Bertz CT molecular complexity index is 603. The average Bonchev–Trinajstić information content (AvgIpc) is 2.56. The molecule has 1 aliphatic rings. The number of nitrogens with one attached hydrogen (secondary N) is 1. The van der Waals surface area contributed by atoms with Crippen molar-refractivity contribution in [1.29, 1.82) is 0 Å². The first-order valence-electron chi connectivity index (χ1n) is 8.74. The van der Waals surface area contributed by atoms with Crippen LogP contribution in [-0.2, 0) is 17.5 Å². The van der Waals surface area contributed by atoms with E-state index in [1.807, 2.05) is 25.1 Å². The maximum atomic E-state index is 12.6. The molecule has 26 heavy (non-hydrogen) atoms. The standard InChI is InChI=1S/C19H26F3N3O/c1-24(2)11-3-4-18(26)23-17-9-12-25(13-10-17)14-15-5-7-16(8-6-15)19(20,21)22/h3-8,17H,9-14H2,1-2H3,(H,23,26)/b4-3+. The molecule has 1 saturated heterocycles. The maximum Gasteiger partial charge on any atom is 0.416 e. The number of benzene rings is 1. The Morgan fingerprint density at radius 1 is 1.23 bits per heavy atom. The lowest BCUT2D eigenvalue weighted by Gasteiger charge is -2.32. The van der Waals surface area contributed by atoms with Crippen molar-refractivity contribution in [2.75, 3.05) is 33.7 Å². The van der Waals surface area contributed by atoms with Crippen molar-refractivity contribution >= 4 is 5.91 Å². The Labute approximate surface area is 152 Å². The van der Waals surface area contributed by atoms with Crippen molar-refractivity contribution in [3.63, 3.8) is 0 Å². The molecule has 0 bridgehead atoms. The zero-order chi connectivity index (χ0) is 19.2. The zero-order valence-electron chi connectivity index (χ0n) is 15.2. The van der Waals surface area contributed by atoms with E-state index in [0.717, 1.165) is 50.2 Å². The summed E-state index contributed by atoms with van der Waals surface area (Å²) in [5, 5.41) is 3.01. The normalized spacial score (nSPS) is 17.2. The van der Waals surface area contributed by atoms with Gasteiger partial charge in [-0.1, -0.05) is 18.2 Å². The maximum absolute atomic E-state index is 12.6.